The quantitative estimate of drug-likeness (QED) is 0.706. The van der Waals surface area contributed by atoms with E-state index in [4.69, 9.17) is 4.74 Å². The van der Waals surface area contributed by atoms with Crippen molar-refractivity contribution in [1.82, 2.24) is 15.2 Å². The summed E-state index contributed by atoms with van der Waals surface area (Å²) in [6, 6.07) is 10.5. The topological polar surface area (TPSA) is 83.6 Å². The molecule has 2 N–H and O–H groups in total. The molecule has 0 fully saturated rings. The van der Waals surface area contributed by atoms with Crippen molar-refractivity contribution in [3.8, 4) is 0 Å². The Hall–Kier alpha value is -2.93. The number of pyridine rings is 1. The molecule has 0 spiro atoms. The van der Waals surface area contributed by atoms with E-state index in [9.17, 15) is 9.59 Å². The molecular formula is C19H24N4O3. The highest BCUT2D eigenvalue weighted by molar-refractivity contribution is 5.96. The average Bonchev–Trinajstić information content (AvgIpc) is 2.62. The molecule has 2 rings (SSSR count). The molecule has 1 aromatic heterocycles. The lowest BCUT2D eigenvalue weighted by molar-refractivity contribution is 0.0527. The number of carbonyl (C=O) groups is 2. The summed E-state index contributed by atoms with van der Waals surface area (Å²) >= 11 is 0. The molecule has 26 heavy (non-hydrogen) atoms. The number of anilines is 2. The highest BCUT2D eigenvalue weighted by Gasteiger charge is 2.12. The first-order chi connectivity index (χ1) is 12.5. The summed E-state index contributed by atoms with van der Waals surface area (Å²) in [7, 11) is 3.89. The zero-order valence-electron chi connectivity index (χ0n) is 15.3. The van der Waals surface area contributed by atoms with Crippen molar-refractivity contribution in [3.63, 3.8) is 0 Å². The SMILES string of the molecule is CCOC(=O)c1ccccc1Nc1ccc(C(=O)NCCN(C)C)nc1. The molecule has 1 amide bonds. The van der Waals surface area contributed by atoms with Crippen molar-refractivity contribution >= 4 is 23.3 Å². The van der Waals surface area contributed by atoms with Crippen LogP contribution in [0.5, 0.6) is 0 Å². The lowest BCUT2D eigenvalue weighted by Gasteiger charge is -2.12. The minimum absolute atomic E-state index is 0.217. The minimum atomic E-state index is -0.388. The minimum Gasteiger partial charge on any atom is -0.462 e. The molecule has 0 saturated carbocycles. The van der Waals surface area contributed by atoms with Gasteiger partial charge in [0.15, 0.2) is 0 Å². The Labute approximate surface area is 153 Å². The molecular weight excluding hydrogens is 332 g/mol. The molecule has 0 aliphatic rings. The predicted octanol–water partition coefficient (Wildman–Crippen LogP) is 2.29. The molecule has 1 aromatic carbocycles. The van der Waals surface area contributed by atoms with Gasteiger partial charge in [-0.25, -0.2) is 9.78 Å². The Kier molecular flexibility index (Phi) is 7.11. The van der Waals surface area contributed by atoms with Gasteiger partial charge < -0.3 is 20.3 Å². The first kappa shape index (κ1) is 19.4. The molecule has 0 aliphatic heterocycles. The number of nitrogens with zero attached hydrogens (tertiary/aromatic N) is 2. The molecule has 0 unspecified atom stereocenters. The van der Waals surface area contributed by atoms with Gasteiger partial charge in [-0.2, -0.15) is 0 Å². The number of aromatic nitrogens is 1. The van der Waals surface area contributed by atoms with Gasteiger partial charge in [-0.05, 0) is 45.3 Å². The molecule has 0 aliphatic carbocycles. The van der Waals surface area contributed by atoms with Crippen LogP contribution in [0.3, 0.4) is 0 Å². The molecule has 7 nitrogen and oxygen atoms in total. The normalized spacial score (nSPS) is 10.5. The lowest BCUT2D eigenvalue weighted by atomic mass is 10.1. The van der Waals surface area contributed by atoms with E-state index in [-0.39, 0.29) is 11.9 Å². The number of rotatable bonds is 8. The number of hydrogen-bond donors (Lipinski definition) is 2. The first-order valence-corrected chi connectivity index (χ1v) is 8.43. The monoisotopic (exact) mass is 356 g/mol. The summed E-state index contributed by atoms with van der Waals surface area (Å²) in [6.45, 7) is 3.39. The van der Waals surface area contributed by atoms with E-state index >= 15 is 0 Å². The Morgan fingerprint density at radius 2 is 1.92 bits per heavy atom. The summed E-state index contributed by atoms with van der Waals surface area (Å²) in [5.74, 6) is -0.606. The number of nitrogens with one attached hydrogen (secondary N) is 2. The van der Waals surface area contributed by atoms with Crippen LogP contribution in [0.15, 0.2) is 42.6 Å². The molecule has 0 radical (unpaired) electrons. The first-order valence-electron chi connectivity index (χ1n) is 8.43. The van der Waals surface area contributed by atoms with E-state index in [1.54, 1.807) is 43.5 Å². The maximum atomic E-state index is 12.0. The number of carbonyl (C=O) groups excluding carboxylic acids is 2. The van der Waals surface area contributed by atoms with E-state index in [1.807, 2.05) is 25.1 Å². The third-order valence-electron chi connectivity index (χ3n) is 3.54. The highest BCUT2D eigenvalue weighted by atomic mass is 16.5. The van der Waals surface area contributed by atoms with Crippen molar-refractivity contribution in [2.24, 2.45) is 0 Å². The number of hydrogen-bond acceptors (Lipinski definition) is 6. The summed E-state index contributed by atoms with van der Waals surface area (Å²) in [4.78, 5) is 30.2. The largest absolute Gasteiger partial charge is 0.462 e. The second-order valence-electron chi connectivity index (χ2n) is 5.88. The van der Waals surface area contributed by atoms with Crippen LogP contribution in [0.2, 0.25) is 0 Å². The van der Waals surface area contributed by atoms with Crippen LogP contribution < -0.4 is 10.6 Å². The maximum Gasteiger partial charge on any atom is 0.340 e. The van der Waals surface area contributed by atoms with Crippen molar-refractivity contribution in [1.29, 1.82) is 0 Å². The highest BCUT2D eigenvalue weighted by Crippen LogP contribution is 2.21. The van der Waals surface area contributed by atoms with Crippen LogP contribution >= 0.6 is 0 Å². The van der Waals surface area contributed by atoms with E-state index in [1.165, 1.54) is 0 Å². The van der Waals surface area contributed by atoms with Gasteiger partial charge in [-0.15, -0.1) is 0 Å². The Balaban J connectivity index is 2.04. The number of likely N-dealkylation sites (N-methyl/N-ethyl adjacent to an activating group) is 1. The summed E-state index contributed by atoms with van der Waals surface area (Å²) in [5, 5.41) is 5.95. The van der Waals surface area contributed by atoms with Crippen LogP contribution in [0.25, 0.3) is 0 Å². The summed E-state index contributed by atoms with van der Waals surface area (Å²) in [6.07, 6.45) is 1.56. The smallest absolute Gasteiger partial charge is 0.340 e. The maximum absolute atomic E-state index is 12.0. The van der Waals surface area contributed by atoms with Crippen LogP contribution in [-0.2, 0) is 4.74 Å². The second-order valence-corrected chi connectivity index (χ2v) is 5.88. The molecule has 1 heterocycles. The van der Waals surface area contributed by atoms with Crippen molar-refractivity contribution in [2.75, 3.05) is 39.1 Å². The van der Waals surface area contributed by atoms with Gasteiger partial charge in [-0.3, -0.25) is 4.79 Å². The van der Waals surface area contributed by atoms with Gasteiger partial charge in [0, 0.05) is 13.1 Å². The summed E-state index contributed by atoms with van der Waals surface area (Å²) < 4.78 is 5.06. The van der Waals surface area contributed by atoms with Crippen LogP contribution in [-0.4, -0.2) is 55.6 Å². The number of para-hydroxylation sites is 1. The van der Waals surface area contributed by atoms with Gasteiger partial charge in [0.2, 0.25) is 0 Å². The Morgan fingerprint density at radius 3 is 2.58 bits per heavy atom. The standard InChI is InChI=1S/C19H24N4O3/c1-4-26-19(25)15-7-5-6-8-16(15)22-14-9-10-17(21-13-14)18(24)20-11-12-23(2)3/h5-10,13,22H,4,11-12H2,1-3H3,(H,20,24). The number of benzene rings is 1. The third-order valence-corrected chi connectivity index (χ3v) is 3.54. The summed E-state index contributed by atoms with van der Waals surface area (Å²) in [5.41, 5.74) is 2.08. The predicted molar refractivity (Wildman–Crippen MR) is 101 cm³/mol. The van der Waals surface area contributed by atoms with Crippen LogP contribution in [0, 0.1) is 0 Å². The van der Waals surface area contributed by atoms with Crippen molar-refractivity contribution in [2.45, 2.75) is 6.92 Å². The van der Waals surface area contributed by atoms with Gasteiger partial charge in [0.25, 0.3) is 5.91 Å². The van der Waals surface area contributed by atoms with Crippen molar-refractivity contribution < 1.29 is 14.3 Å². The van der Waals surface area contributed by atoms with E-state index in [2.05, 4.69) is 15.6 Å². The fourth-order valence-corrected chi connectivity index (χ4v) is 2.22. The molecule has 2 aromatic rings. The van der Waals surface area contributed by atoms with E-state index in [0.717, 1.165) is 6.54 Å². The Morgan fingerprint density at radius 1 is 1.15 bits per heavy atom. The fraction of sp³-hybridized carbons (Fsp3) is 0.316. The molecule has 7 heteroatoms. The number of ether oxygens (including phenoxy) is 1. The van der Waals surface area contributed by atoms with Gasteiger partial charge in [0.05, 0.1) is 29.7 Å². The van der Waals surface area contributed by atoms with Gasteiger partial charge >= 0.3 is 5.97 Å². The van der Waals surface area contributed by atoms with Gasteiger partial charge in [0.1, 0.15) is 5.69 Å². The number of amides is 1. The zero-order chi connectivity index (χ0) is 18.9. The molecule has 0 bridgehead atoms. The van der Waals surface area contributed by atoms with Crippen LogP contribution in [0.1, 0.15) is 27.8 Å². The van der Waals surface area contributed by atoms with E-state index in [0.29, 0.717) is 35.8 Å². The molecule has 0 atom stereocenters. The number of esters is 1. The van der Waals surface area contributed by atoms with Crippen LogP contribution in [0.4, 0.5) is 11.4 Å². The fourth-order valence-electron chi connectivity index (χ4n) is 2.22. The second kappa shape index (κ2) is 9.53. The van der Waals surface area contributed by atoms with Crippen molar-refractivity contribution in [3.05, 3.63) is 53.9 Å². The average molecular weight is 356 g/mol. The molecule has 0 saturated heterocycles. The molecule has 138 valence electrons. The Bertz CT molecular complexity index is 745. The van der Waals surface area contributed by atoms with E-state index < -0.39 is 0 Å². The van der Waals surface area contributed by atoms with Gasteiger partial charge in [-0.1, -0.05) is 12.1 Å². The lowest BCUT2D eigenvalue weighted by Crippen LogP contribution is -2.31. The third kappa shape index (κ3) is 5.56. The zero-order valence-corrected chi connectivity index (χ0v) is 15.3.